The molecule has 92 valence electrons. The first-order valence-electron chi connectivity index (χ1n) is 5.15. The van der Waals surface area contributed by atoms with E-state index >= 15 is 0 Å². The number of hydrogen-bond acceptors (Lipinski definition) is 6. The van der Waals surface area contributed by atoms with Crippen molar-refractivity contribution in [2.45, 2.75) is 18.9 Å². The summed E-state index contributed by atoms with van der Waals surface area (Å²) in [4.78, 5) is 21.8. The standard InChI is InChI=1S/C11H10N4OS2/c1-6-7(2)18-11-9(6)10(14-5-15-11)17-3-8(16)13-4-12/h5H,3H2,1-2H3,(H,13,16). The lowest BCUT2D eigenvalue weighted by Crippen LogP contribution is -2.19. The van der Waals surface area contributed by atoms with Gasteiger partial charge in [-0.1, -0.05) is 11.8 Å². The second kappa shape index (κ2) is 5.33. The highest BCUT2D eigenvalue weighted by Crippen LogP contribution is 2.34. The van der Waals surface area contributed by atoms with Gasteiger partial charge in [-0.3, -0.25) is 10.1 Å². The van der Waals surface area contributed by atoms with Crippen LogP contribution < -0.4 is 5.32 Å². The van der Waals surface area contributed by atoms with Gasteiger partial charge < -0.3 is 0 Å². The summed E-state index contributed by atoms with van der Waals surface area (Å²) in [5.41, 5.74) is 1.15. The minimum absolute atomic E-state index is 0.175. The number of fused-ring (bicyclic) bond motifs is 1. The van der Waals surface area contributed by atoms with E-state index < -0.39 is 0 Å². The van der Waals surface area contributed by atoms with Gasteiger partial charge in [0.05, 0.1) is 5.75 Å². The van der Waals surface area contributed by atoms with Gasteiger partial charge in [0, 0.05) is 10.3 Å². The Balaban J connectivity index is 2.29. The number of carbonyl (C=O) groups excluding carboxylic acids is 1. The fourth-order valence-electron chi connectivity index (χ4n) is 1.49. The number of nitriles is 1. The third kappa shape index (κ3) is 2.44. The third-order valence-electron chi connectivity index (χ3n) is 2.47. The molecule has 0 aliphatic carbocycles. The molecule has 7 heteroatoms. The fourth-order valence-corrected chi connectivity index (χ4v) is 3.41. The van der Waals surface area contributed by atoms with E-state index in [1.165, 1.54) is 23.0 Å². The Bertz CT molecular complexity index is 644. The molecule has 0 spiro atoms. The van der Waals surface area contributed by atoms with Gasteiger partial charge in [0.2, 0.25) is 5.91 Å². The Morgan fingerprint density at radius 2 is 2.33 bits per heavy atom. The summed E-state index contributed by atoms with van der Waals surface area (Å²) in [5.74, 6) is -0.146. The highest BCUT2D eigenvalue weighted by Gasteiger charge is 2.13. The largest absolute Gasteiger partial charge is 0.273 e. The Morgan fingerprint density at radius 1 is 1.56 bits per heavy atom. The van der Waals surface area contributed by atoms with Gasteiger partial charge in [-0.15, -0.1) is 11.3 Å². The van der Waals surface area contributed by atoms with Crippen LogP contribution in [0.1, 0.15) is 10.4 Å². The van der Waals surface area contributed by atoms with Crippen molar-refractivity contribution in [3.05, 3.63) is 16.8 Å². The van der Waals surface area contributed by atoms with Crippen molar-refractivity contribution < 1.29 is 4.79 Å². The van der Waals surface area contributed by atoms with Crippen molar-refractivity contribution in [2.24, 2.45) is 0 Å². The molecule has 2 heterocycles. The summed E-state index contributed by atoms with van der Waals surface area (Å²) in [7, 11) is 0. The van der Waals surface area contributed by atoms with E-state index in [0.717, 1.165) is 20.8 Å². The third-order valence-corrected chi connectivity index (χ3v) is 4.57. The van der Waals surface area contributed by atoms with Crippen molar-refractivity contribution in [1.29, 1.82) is 5.26 Å². The molecule has 2 aromatic rings. The van der Waals surface area contributed by atoms with Crippen LogP contribution in [0.2, 0.25) is 0 Å². The molecular weight excluding hydrogens is 268 g/mol. The summed E-state index contributed by atoms with van der Waals surface area (Å²) < 4.78 is 0. The maximum Gasteiger partial charge on any atom is 0.243 e. The SMILES string of the molecule is Cc1sc2ncnc(SCC(=O)NC#N)c2c1C. The smallest absolute Gasteiger partial charge is 0.243 e. The van der Waals surface area contributed by atoms with Crippen LogP contribution in [0, 0.1) is 25.3 Å². The highest BCUT2D eigenvalue weighted by molar-refractivity contribution is 8.00. The van der Waals surface area contributed by atoms with Crippen molar-refractivity contribution in [3.63, 3.8) is 0 Å². The Morgan fingerprint density at radius 3 is 3.06 bits per heavy atom. The van der Waals surface area contributed by atoms with Crippen molar-refractivity contribution in [1.82, 2.24) is 15.3 Å². The first-order valence-corrected chi connectivity index (χ1v) is 6.95. The molecule has 0 unspecified atom stereocenters. The lowest BCUT2D eigenvalue weighted by atomic mass is 10.2. The number of nitrogens with one attached hydrogen (secondary N) is 1. The Hall–Kier alpha value is -1.65. The van der Waals surface area contributed by atoms with Crippen LogP contribution in [0.25, 0.3) is 10.2 Å². The first-order chi connectivity index (χ1) is 8.63. The van der Waals surface area contributed by atoms with Crippen LogP contribution in [0.5, 0.6) is 0 Å². The number of thioether (sulfide) groups is 1. The predicted octanol–water partition coefficient (Wildman–Crippen LogP) is 2.00. The summed E-state index contributed by atoms with van der Waals surface area (Å²) in [6, 6.07) is 0. The van der Waals surface area contributed by atoms with Gasteiger partial charge in [0.1, 0.15) is 16.2 Å². The number of rotatable bonds is 3. The van der Waals surface area contributed by atoms with Crippen LogP contribution in [-0.4, -0.2) is 21.6 Å². The minimum Gasteiger partial charge on any atom is -0.273 e. The van der Waals surface area contributed by atoms with Gasteiger partial charge in [-0.25, -0.2) is 9.97 Å². The summed E-state index contributed by atoms with van der Waals surface area (Å²) in [6.45, 7) is 4.06. The van der Waals surface area contributed by atoms with Gasteiger partial charge in [-0.2, -0.15) is 5.26 Å². The molecule has 2 rings (SSSR count). The molecule has 2 aromatic heterocycles. The lowest BCUT2D eigenvalue weighted by molar-refractivity contribution is -0.117. The molecule has 0 fully saturated rings. The Kier molecular flexibility index (Phi) is 3.79. The van der Waals surface area contributed by atoms with Crippen molar-refractivity contribution >= 4 is 39.2 Å². The normalized spacial score (nSPS) is 10.3. The minimum atomic E-state index is -0.320. The number of amides is 1. The molecule has 0 saturated carbocycles. The molecule has 0 aromatic carbocycles. The molecule has 18 heavy (non-hydrogen) atoms. The van der Waals surface area contributed by atoms with E-state index in [1.807, 2.05) is 13.8 Å². The topological polar surface area (TPSA) is 78.7 Å². The molecular formula is C11H10N4OS2. The molecule has 1 amide bonds. The fraction of sp³-hybridized carbons (Fsp3) is 0.273. The molecule has 5 nitrogen and oxygen atoms in total. The van der Waals surface area contributed by atoms with Crippen LogP contribution in [0.3, 0.4) is 0 Å². The van der Waals surface area contributed by atoms with Gasteiger partial charge in [-0.05, 0) is 19.4 Å². The van der Waals surface area contributed by atoms with E-state index in [0.29, 0.717) is 0 Å². The van der Waals surface area contributed by atoms with E-state index in [9.17, 15) is 4.79 Å². The summed E-state index contributed by atoms with van der Waals surface area (Å²) in [6.07, 6.45) is 3.12. The number of carbonyl (C=O) groups is 1. The average molecular weight is 278 g/mol. The molecule has 0 bridgehead atoms. The quantitative estimate of drug-likeness (QED) is 0.402. The second-order valence-electron chi connectivity index (χ2n) is 3.59. The number of aryl methyl sites for hydroxylation is 2. The molecule has 0 saturated heterocycles. The predicted molar refractivity (Wildman–Crippen MR) is 71.4 cm³/mol. The van der Waals surface area contributed by atoms with Crippen LogP contribution in [-0.2, 0) is 4.79 Å². The maximum atomic E-state index is 11.2. The van der Waals surface area contributed by atoms with Gasteiger partial charge in [0.25, 0.3) is 0 Å². The van der Waals surface area contributed by atoms with Gasteiger partial charge >= 0.3 is 0 Å². The van der Waals surface area contributed by atoms with E-state index in [4.69, 9.17) is 5.26 Å². The van der Waals surface area contributed by atoms with E-state index in [1.54, 1.807) is 17.5 Å². The number of nitrogens with zero attached hydrogens (tertiary/aromatic N) is 3. The first kappa shape index (κ1) is 12.8. The molecule has 1 N–H and O–H groups in total. The second-order valence-corrected chi connectivity index (χ2v) is 5.76. The molecule has 0 radical (unpaired) electrons. The maximum absolute atomic E-state index is 11.2. The van der Waals surface area contributed by atoms with E-state index in [2.05, 4.69) is 15.3 Å². The monoisotopic (exact) mass is 278 g/mol. The number of thiophene rings is 1. The zero-order valence-electron chi connectivity index (χ0n) is 9.85. The molecule has 0 atom stereocenters. The molecule has 0 aliphatic heterocycles. The number of aromatic nitrogens is 2. The Labute approximate surface area is 112 Å². The van der Waals surface area contributed by atoms with Gasteiger partial charge in [0.15, 0.2) is 6.19 Å². The summed E-state index contributed by atoms with van der Waals surface area (Å²) >= 11 is 2.94. The van der Waals surface area contributed by atoms with Crippen LogP contribution in [0.15, 0.2) is 11.4 Å². The van der Waals surface area contributed by atoms with Crippen molar-refractivity contribution in [3.8, 4) is 6.19 Å². The summed E-state index contributed by atoms with van der Waals surface area (Å²) in [5, 5.41) is 12.2. The highest BCUT2D eigenvalue weighted by atomic mass is 32.2. The zero-order valence-corrected chi connectivity index (χ0v) is 11.5. The van der Waals surface area contributed by atoms with Crippen LogP contribution in [0.4, 0.5) is 0 Å². The molecule has 0 aliphatic rings. The average Bonchev–Trinajstić information content (AvgIpc) is 2.64. The zero-order chi connectivity index (χ0) is 13.1. The van der Waals surface area contributed by atoms with Crippen LogP contribution >= 0.6 is 23.1 Å². The van der Waals surface area contributed by atoms with E-state index in [-0.39, 0.29) is 11.7 Å². The lowest BCUT2D eigenvalue weighted by Gasteiger charge is -2.01. The number of hydrogen-bond donors (Lipinski definition) is 1. The van der Waals surface area contributed by atoms with Crippen molar-refractivity contribution in [2.75, 3.05) is 5.75 Å².